The lowest BCUT2D eigenvalue weighted by atomic mass is 9.65. The van der Waals surface area contributed by atoms with E-state index in [0.29, 0.717) is 23.0 Å². The molecule has 52 heavy (non-hydrogen) atoms. The van der Waals surface area contributed by atoms with Crippen LogP contribution in [0, 0.1) is 11.3 Å². The number of hydrogen-bond donors (Lipinski definition) is 0. The smallest absolute Gasteiger partial charge is 0.164 e. The van der Waals surface area contributed by atoms with Crippen molar-refractivity contribution in [3.63, 3.8) is 0 Å². The summed E-state index contributed by atoms with van der Waals surface area (Å²) < 4.78 is 6.88. The zero-order chi connectivity index (χ0) is 34.6. The van der Waals surface area contributed by atoms with Gasteiger partial charge in [-0.05, 0) is 46.0 Å². The molecule has 5 heteroatoms. The van der Waals surface area contributed by atoms with Gasteiger partial charge in [0.25, 0.3) is 0 Å². The third-order valence-corrected chi connectivity index (χ3v) is 10.3. The summed E-state index contributed by atoms with van der Waals surface area (Å²) in [6.07, 6.45) is 0. The number of fused-ring (bicyclic) bond motifs is 9. The molecule has 0 amide bonds. The Hall–Kier alpha value is -7.16. The number of benzene rings is 7. The van der Waals surface area contributed by atoms with E-state index in [0.717, 1.165) is 67.1 Å². The molecule has 0 fully saturated rings. The molecule has 0 bridgehead atoms. The lowest BCUT2D eigenvalue weighted by Gasteiger charge is -2.40. The van der Waals surface area contributed by atoms with E-state index in [9.17, 15) is 5.26 Å². The zero-order valence-electron chi connectivity index (χ0n) is 27.9. The largest absolute Gasteiger partial charge is 0.456 e. The van der Waals surface area contributed by atoms with Crippen LogP contribution in [0.3, 0.4) is 0 Å². The first-order valence-corrected chi connectivity index (χ1v) is 17.3. The van der Waals surface area contributed by atoms with E-state index in [4.69, 9.17) is 19.7 Å². The second kappa shape index (κ2) is 11.7. The van der Waals surface area contributed by atoms with Crippen LogP contribution in [0.2, 0.25) is 0 Å². The molecular weight excluding hydrogens is 637 g/mol. The molecule has 1 spiro atoms. The van der Waals surface area contributed by atoms with Gasteiger partial charge >= 0.3 is 0 Å². The van der Waals surface area contributed by atoms with Gasteiger partial charge in [0.2, 0.25) is 0 Å². The Morgan fingerprint density at radius 3 is 1.65 bits per heavy atom. The lowest BCUT2D eigenvalue weighted by molar-refractivity contribution is 0.438. The molecule has 0 radical (unpaired) electrons. The number of ether oxygens (including phenoxy) is 1. The quantitative estimate of drug-likeness (QED) is 0.187. The predicted molar refractivity (Wildman–Crippen MR) is 204 cm³/mol. The van der Waals surface area contributed by atoms with Crippen molar-refractivity contribution >= 4 is 0 Å². The highest BCUT2D eigenvalue weighted by molar-refractivity contribution is 5.96. The van der Waals surface area contributed by atoms with Crippen LogP contribution >= 0.6 is 0 Å². The number of nitrogens with zero attached hydrogens (tertiary/aromatic N) is 4. The Morgan fingerprint density at radius 1 is 0.423 bits per heavy atom. The summed E-state index contributed by atoms with van der Waals surface area (Å²) in [6.45, 7) is 0. The third kappa shape index (κ3) is 4.38. The van der Waals surface area contributed by atoms with Gasteiger partial charge in [-0.25, -0.2) is 15.0 Å². The van der Waals surface area contributed by atoms with Crippen molar-refractivity contribution in [2.45, 2.75) is 5.41 Å². The van der Waals surface area contributed by atoms with Crippen molar-refractivity contribution in [3.8, 4) is 74.0 Å². The summed E-state index contributed by atoms with van der Waals surface area (Å²) in [5.74, 6) is 3.47. The number of hydrogen-bond acceptors (Lipinski definition) is 5. The van der Waals surface area contributed by atoms with Crippen LogP contribution in [0.4, 0.5) is 0 Å². The average Bonchev–Trinajstić information content (AvgIpc) is 3.52. The third-order valence-electron chi connectivity index (χ3n) is 10.3. The van der Waals surface area contributed by atoms with Crippen LogP contribution in [0.5, 0.6) is 11.5 Å². The van der Waals surface area contributed by atoms with Crippen LogP contribution in [-0.2, 0) is 5.41 Å². The molecule has 8 aromatic rings. The van der Waals surface area contributed by atoms with Crippen molar-refractivity contribution in [1.82, 2.24) is 15.0 Å². The van der Waals surface area contributed by atoms with Crippen molar-refractivity contribution in [1.29, 1.82) is 5.26 Å². The van der Waals surface area contributed by atoms with Crippen LogP contribution in [-0.4, -0.2) is 15.0 Å². The molecule has 1 aromatic heterocycles. The van der Waals surface area contributed by atoms with E-state index in [1.54, 1.807) is 0 Å². The van der Waals surface area contributed by atoms with Gasteiger partial charge in [-0.15, -0.1) is 0 Å². The highest BCUT2D eigenvalue weighted by atomic mass is 16.5. The summed E-state index contributed by atoms with van der Waals surface area (Å²) in [6, 6.07) is 60.1. The average molecular weight is 665 g/mol. The SMILES string of the molecule is N#Cc1ccc(-c2cccc3c2Oc2ccccc2C32c3ccccc3-c3c(-c4nc(-c5ccccc5)nc(-c5ccccc5)n4)cccc32)cc1. The predicted octanol–water partition coefficient (Wildman–Crippen LogP) is 10.9. The van der Waals surface area contributed by atoms with E-state index in [1.807, 2.05) is 91.0 Å². The summed E-state index contributed by atoms with van der Waals surface area (Å²) in [5.41, 5.74) is 11.3. The maximum atomic E-state index is 9.49. The maximum Gasteiger partial charge on any atom is 0.164 e. The van der Waals surface area contributed by atoms with Crippen LogP contribution in [0.15, 0.2) is 170 Å². The molecular formula is C47H28N4O. The van der Waals surface area contributed by atoms with E-state index in [-0.39, 0.29) is 0 Å². The molecule has 10 rings (SSSR count). The summed E-state index contributed by atoms with van der Waals surface area (Å²) >= 11 is 0. The van der Waals surface area contributed by atoms with Crippen LogP contribution in [0.25, 0.3) is 56.4 Å². The van der Waals surface area contributed by atoms with Gasteiger partial charge in [-0.2, -0.15) is 5.26 Å². The number of para-hydroxylation sites is 2. The minimum absolute atomic E-state index is 0.614. The summed E-state index contributed by atoms with van der Waals surface area (Å²) in [4.78, 5) is 15.3. The Bertz CT molecular complexity index is 2660. The molecule has 5 nitrogen and oxygen atoms in total. The molecule has 2 aliphatic rings. The topological polar surface area (TPSA) is 71.7 Å². The Morgan fingerprint density at radius 2 is 0.962 bits per heavy atom. The maximum absolute atomic E-state index is 9.49. The molecule has 1 aliphatic heterocycles. The van der Waals surface area contributed by atoms with E-state index in [1.165, 1.54) is 5.56 Å². The second-order valence-corrected chi connectivity index (χ2v) is 13.0. The van der Waals surface area contributed by atoms with Crippen molar-refractivity contribution < 1.29 is 4.74 Å². The van der Waals surface area contributed by atoms with E-state index < -0.39 is 5.41 Å². The van der Waals surface area contributed by atoms with Gasteiger partial charge in [0.15, 0.2) is 17.5 Å². The first kappa shape index (κ1) is 29.7. The molecule has 0 saturated heterocycles. The molecule has 7 aromatic carbocycles. The number of nitriles is 1. The molecule has 0 N–H and O–H groups in total. The number of rotatable bonds is 4. The molecule has 1 aliphatic carbocycles. The standard InChI is InChI=1S/C47H28N4O/c48-29-30-25-27-31(28-26-30)34-18-11-23-40-43(34)52-41-24-10-9-21-38(41)47(40)37-20-8-7-17-35(37)42-36(19-12-22-39(42)47)46-50-44(32-13-3-1-4-14-32)49-45(51-46)33-15-5-2-6-16-33/h1-28H. The fraction of sp³-hybridized carbons (Fsp3) is 0.0213. The molecule has 0 saturated carbocycles. The fourth-order valence-electron chi connectivity index (χ4n) is 8.04. The minimum Gasteiger partial charge on any atom is -0.456 e. The number of aromatic nitrogens is 3. The van der Waals surface area contributed by atoms with Crippen molar-refractivity contribution in [2.75, 3.05) is 0 Å². The van der Waals surface area contributed by atoms with Crippen molar-refractivity contribution in [3.05, 3.63) is 198 Å². The highest BCUT2D eigenvalue weighted by Gasteiger charge is 2.52. The van der Waals surface area contributed by atoms with Gasteiger partial charge in [-0.3, -0.25) is 0 Å². The zero-order valence-corrected chi connectivity index (χ0v) is 27.9. The molecule has 1 atom stereocenters. The van der Waals surface area contributed by atoms with Crippen molar-refractivity contribution in [2.24, 2.45) is 0 Å². The molecule has 242 valence electrons. The van der Waals surface area contributed by atoms with Gasteiger partial charge in [0.05, 0.1) is 17.0 Å². The lowest BCUT2D eigenvalue weighted by Crippen LogP contribution is -2.32. The summed E-state index contributed by atoms with van der Waals surface area (Å²) in [7, 11) is 0. The fourth-order valence-corrected chi connectivity index (χ4v) is 8.04. The minimum atomic E-state index is -0.688. The Labute approximate surface area is 301 Å². The van der Waals surface area contributed by atoms with Crippen LogP contribution < -0.4 is 4.74 Å². The Kier molecular flexibility index (Phi) is 6.70. The normalized spacial score (nSPS) is 14.8. The Balaban J connectivity index is 1.27. The van der Waals surface area contributed by atoms with Crippen LogP contribution in [0.1, 0.15) is 27.8 Å². The molecule has 1 unspecified atom stereocenters. The van der Waals surface area contributed by atoms with E-state index in [2.05, 4.69) is 84.9 Å². The van der Waals surface area contributed by atoms with E-state index >= 15 is 0 Å². The monoisotopic (exact) mass is 664 g/mol. The first-order valence-electron chi connectivity index (χ1n) is 17.3. The molecule has 2 heterocycles. The van der Waals surface area contributed by atoms with Gasteiger partial charge in [-0.1, -0.05) is 152 Å². The summed E-state index contributed by atoms with van der Waals surface area (Å²) in [5, 5.41) is 9.49. The first-order chi connectivity index (χ1) is 25.7. The second-order valence-electron chi connectivity index (χ2n) is 13.0. The van der Waals surface area contributed by atoms with Gasteiger partial charge in [0.1, 0.15) is 11.5 Å². The van der Waals surface area contributed by atoms with Gasteiger partial charge < -0.3 is 4.74 Å². The highest BCUT2D eigenvalue weighted by Crippen LogP contribution is 2.64. The van der Waals surface area contributed by atoms with Gasteiger partial charge in [0, 0.05) is 33.4 Å².